The van der Waals surface area contributed by atoms with Crippen LogP contribution in [-0.4, -0.2) is 30.4 Å². The molecule has 1 amide bonds. The molecule has 3 nitrogen and oxygen atoms in total. The summed E-state index contributed by atoms with van der Waals surface area (Å²) in [6, 6.07) is 8.09. The van der Waals surface area contributed by atoms with Crippen LogP contribution >= 0.6 is 0 Å². The van der Waals surface area contributed by atoms with Gasteiger partial charge in [-0.25, -0.2) is 0 Å². The van der Waals surface area contributed by atoms with Gasteiger partial charge in [0.1, 0.15) is 0 Å². The van der Waals surface area contributed by atoms with Crippen molar-refractivity contribution in [2.24, 2.45) is 11.8 Å². The van der Waals surface area contributed by atoms with E-state index in [9.17, 15) is 4.79 Å². The van der Waals surface area contributed by atoms with Gasteiger partial charge in [0.15, 0.2) is 0 Å². The zero-order valence-corrected chi connectivity index (χ0v) is 13.7. The van der Waals surface area contributed by atoms with Crippen molar-refractivity contribution in [3.8, 4) is 0 Å². The van der Waals surface area contributed by atoms with E-state index in [1.807, 2.05) is 18.2 Å². The number of hydrogen-bond acceptors (Lipinski definition) is 2. The summed E-state index contributed by atoms with van der Waals surface area (Å²) < 4.78 is 0. The van der Waals surface area contributed by atoms with E-state index >= 15 is 0 Å². The molecule has 1 saturated heterocycles. The molecule has 0 unspecified atom stereocenters. The summed E-state index contributed by atoms with van der Waals surface area (Å²) in [6.07, 6.45) is 1.27. The molecule has 3 heteroatoms. The molecule has 1 heterocycles. The second-order valence-electron chi connectivity index (χ2n) is 6.93. The van der Waals surface area contributed by atoms with Gasteiger partial charge in [-0.2, -0.15) is 0 Å². The standard InChI is InChI=1S/C18H28N2O/c1-13(2)16-7-5-6-8-17(16)19-18(21)12-20-10-14(3)9-15(4)11-20/h5-8,13-15H,9-12H2,1-4H3,(H,19,21)/t14-,15-/m0/s1. The summed E-state index contributed by atoms with van der Waals surface area (Å²) in [5.74, 6) is 1.88. The average Bonchev–Trinajstić information content (AvgIpc) is 2.37. The predicted molar refractivity (Wildman–Crippen MR) is 88.5 cm³/mol. The van der Waals surface area contributed by atoms with Gasteiger partial charge in [-0.1, -0.05) is 45.9 Å². The van der Waals surface area contributed by atoms with E-state index < -0.39 is 0 Å². The Balaban J connectivity index is 1.96. The normalized spacial score (nSPS) is 23.3. The fraction of sp³-hybridized carbons (Fsp3) is 0.611. The number of nitrogens with one attached hydrogen (secondary N) is 1. The highest BCUT2D eigenvalue weighted by molar-refractivity contribution is 5.93. The number of nitrogens with zero attached hydrogens (tertiary/aromatic N) is 1. The van der Waals surface area contributed by atoms with E-state index in [2.05, 4.69) is 44.0 Å². The minimum atomic E-state index is 0.101. The van der Waals surface area contributed by atoms with E-state index in [0.717, 1.165) is 18.8 Å². The highest BCUT2D eigenvalue weighted by Gasteiger charge is 2.23. The van der Waals surface area contributed by atoms with Gasteiger partial charge in [0.25, 0.3) is 0 Å². The van der Waals surface area contributed by atoms with Crippen molar-refractivity contribution in [3.05, 3.63) is 29.8 Å². The van der Waals surface area contributed by atoms with Gasteiger partial charge >= 0.3 is 0 Å². The molecule has 1 aromatic rings. The molecule has 2 atom stereocenters. The monoisotopic (exact) mass is 288 g/mol. The third-order valence-electron chi connectivity index (χ3n) is 4.17. The van der Waals surface area contributed by atoms with Crippen molar-refractivity contribution in [3.63, 3.8) is 0 Å². The first-order valence-electron chi connectivity index (χ1n) is 8.06. The molecule has 21 heavy (non-hydrogen) atoms. The topological polar surface area (TPSA) is 32.3 Å². The Hall–Kier alpha value is -1.35. The predicted octanol–water partition coefficient (Wildman–Crippen LogP) is 3.73. The molecule has 0 aromatic heterocycles. The number of likely N-dealkylation sites (tertiary alicyclic amines) is 1. The minimum Gasteiger partial charge on any atom is -0.325 e. The number of carbonyl (C=O) groups is 1. The first kappa shape index (κ1) is 16.0. The average molecular weight is 288 g/mol. The van der Waals surface area contributed by atoms with Crippen LogP contribution in [0.4, 0.5) is 5.69 Å². The van der Waals surface area contributed by atoms with Crippen molar-refractivity contribution in [2.45, 2.75) is 40.0 Å². The Morgan fingerprint density at radius 2 is 1.86 bits per heavy atom. The van der Waals surface area contributed by atoms with E-state index in [-0.39, 0.29) is 5.91 Å². The molecular formula is C18H28N2O. The zero-order chi connectivity index (χ0) is 15.4. The van der Waals surface area contributed by atoms with E-state index in [1.54, 1.807) is 0 Å². The van der Waals surface area contributed by atoms with Crippen molar-refractivity contribution in [1.29, 1.82) is 0 Å². The lowest BCUT2D eigenvalue weighted by Gasteiger charge is -2.34. The van der Waals surface area contributed by atoms with E-state index in [1.165, 1.54) is 12.0 Å². The summed E-state index contributed by atoms with van der Waals surface area (Å²) >= 11 is 0. The highest BCUT2D eigenvalue weighted by atomic mass is 16.2. The fourth-order valence-electron chi connectivity index (χ4n) is 3.43. The quantitative estimate of drug-likeness (QED) is 0.915. The molecule has 0 spiro atoms. The lowest BCUT2D eigenvalue weighted by atomic mass is 9.92. The third kappa shape index (κ3) is 4.57. The number of rotatable bonds is 4. The van der Waals surface area contributed by atoms with E-state index in [0.29, 0.717) is 24.3 Å². The Bertz CT molecular complexity index is 474. The van der Waals surface area contributed by atoms with Crippen LogP contribution in [-0.2, 0) is 4.79 Å². The Kier molecular flexibility index (Phi) is 5.40. The largest absolute Gasteiger partial charge is 0.325 e. The molecule has 1 aliphatic rings. The van der Waals surface area contributed by atoms with Crippen LogP contribution in [0, 0.1) is 11.8 Å². The highest BCUT2D eigenvalue weighted by Crippen LogP contribution is 2.24. The van der Waals surface area contributed by atoms with Crippen LogP contribution in [0.15, 0.2) is 24.3 Å². The Labute approximate surface area is 128 Å². The lowest BCUT2D eigenvalue weighted by molar-refractivity contribution is -0.117. The van der Waals surface area contributed by atoms with Gasteiger partial charge in [-0.05, 0) is 35.8 Å². The number of piperidine rings is 1. The number of anilines is 1. The maximum absolute atomic E-state index is 12.3. The summed E-state index contributed by atoms with van der Waals surface area (Å²) in [5, 5.41) is 3.09. The SMILES string of the molecule is CC(C)c1ccccc1NC(=O)CN1C[C@@H](C)C[C@H](C)C1. The summed E-state index contributed by atoms with van der Waals surface area (Å²) in [5.41, 5.74) is 2.15. The van der Waals surface area contributed by atoms with Gasteiger partial charge < -0.3 is 5.32 Å². The Morgan fingerprint density at radius 3 is 2.48 bits per heavy atom. The second kappa shape index (κ2) is 7.08. The summed E-state index contributed by atoms with van der Waals surface area (Å²) in [6.45, 7) is 11.4. The molecule has 1 aromatic carbocycles. The molecule has 0 bridgehead atoms. The van der Waals surface area contributed by atoms with Crippen LogP contribution in [0.3, 0.4) is 0 Å². The molecule has 0 saturated carbocycles. The fourth-order valence-corrected chi connectivity index (χ4v) is 3.43. The van der Waals surface area contributed by atoms with Crippen molar-refractivity contribution < 1.29 is 4.79 Å². The van der Waals surface area contributed by atoms with Crippen molar-refractivity contribution in [2.75, 3.05) is 25.0 Å². The van der Waals surface area contributed by atoms with Gasteiger partial charge in [0, 0.05) is 18.8 Å². The number of amides is 1. The number of hydrogen-bond donors (Lipinski definition) is 1. The first-order chi connectivity index (χ1) is 9.95. The van der Waals surface area contributed by atoms with Crippen LogP contribution in [0.2, 0.25) is 0 Å². The first-order valence-corrected chi connectivity index (χ1v) is 8.06. The smallest absolute Gasteiger partial charge is 0.238 e. The molecular weight excluding hydrogens is 260 g/mol. The number of para-hydroxylation sites is 1. The van der Waals surface area contributed by atoms with Gasteiger partial charge in [0.05, 0.1) is 6.54 Å². The molecule has 116 valence electrons. The van der Waals surface area contributed by atoms with Crippen LogP contribution < -0.4 is 5.32 Å². The van der Waals surface area contributed by atoms with Crippen molar-refractivity contribution in [1.82, 2.24) is 4.90 Å². The molecule has 1 N–H and O–H groups in total. The van der Waals surface area contributed by atoms with Gasteiger partial charge in [0.2, 0.25) is 5.91 Å². The van der Waals surface area contributed by atoms with Crippen LogP contribution in [0.5, 0.6) is 0 Å². The molecule has 1 aliphatic heterocycles. The maximum atomic E-state index is 12.3. The maximum Gasteiger partial charge on any atom is 0.238 e. The van der Waals surface area contributed by atoms with E-state index in [4.69, 9.17) is 0 Å². The summed E-state index contributed by atoms with van der Waals surface area (Å²) in [4.78, 5) is 14.6. The zero-order valence-electron chi connectivity index (χ0n) is 13.7. The number of benzene rings is 1. The lowest BCUT2D eigenvalue weighted by Crippen LogP contribution is -2.42. The summed E-state index contributed by atoms with van der Waals surface area (Å²) in [7, 11) is 0. The molecule has 0 aliphatic carbocycles. The second-order valence-corrected chi connectivity index (χ2v) is 6.93. The van der Waals surface area contributed by atoms with Crippen LogP contribution in [0.25, 0.3) is 0 Å². The molecule has 1 fully saturated rings. The van der Waals surface area contributed by atoms with Crippen LogP contribution in [0.1, 0.15) is 45.6 Å². The molecule has 0 radical (unpaired) electrons. The minimum absolute atomic E-state index is 0.101. The number of carbonyl (C=O) groups excluding carboxylic acids is 1. The van der Waals surface area contributed by atoms with Gasteiger partial charge in [-0.3, -0.25) is 9.69 Å². The Morgan fingerprint density at radius 1 is 1.24 bits per heavy atom. The molecule has 2 rings (SSSR count). The third-order valence-corrected chi connectivity index (χ3v) is 4.17. The van der Waals surface area contributed by atoms with Gasteiger partial charge in [-0.15, -0.1) is 0 Å². The van der Waals surface area contributed by atoms with Crippen molar-refractivity contribution >= 4 is 11.6 Å².